The number of pyridine rings is 1. The zero-order valence-electron chi connectivity index (χ0n) is 12.9. The van der Waals surface area contributed by atoms with Crippen molar-refractivity contribution >= 4 is 16.7 Å². The first-order valence-electron chi connectivity index (χ1n) is 7.16. The largest absolute Gasteiger partial charge is 0.480 e. The van der Waals surface area contributed by atoms with Crippen LogP contribution in [0.25, 0.3) is 10.9 Å². The van der Waals surface area contributed by atoms with Gasteiger partial charge in [0.1, 0.15) is 11.6 Å². The van der Waals surface area contributed by atoms with Crippen molar-refractivity contribution in [3.63, 3.8) is 0 Å². The molecule has 2 heterocycles. The Morgan fingerprint density at radius 3 is 2.70 bits per heavy atom. The molecule has 0 amide bonds. The lowest BCUT2D eigenvalue weighted by atomic mass is 10.1. The first-order valence-corrected chi connectivity index (χ1v) is 7.16. The van der Waals surface area contributed by atoms with Crippen molar-refractivity contribution in [1.29, 1.82) is 5.26 Å². The molecule has 1 aromatic carbocycles. The van der Waals surface area contributed by atoms with Crippen LogP contribution in [0.4, 0.5) is 0 Å². The summed E-state index contributed by atoms with van der Waals surface area (Å²) in [7, 11) is 1.48. The summed E-state index contributed by atoms with van der Waals surface area (Å²) in [5, 5.41) is 10.2. The lowest BCUT2D eigenvalue weighted by Gasteiger charge is -2.08. The Balaban J connectivity index is 2.28. The lowest BCUT2D eigenvalue weighted by molar-refractivity contribution is 0.101. The fourth-order valence-corrected chi connectivity index (χ4v) is 2.71. The van der Waals surface area contributed by atoms with E-state index in [4.69, 9.17) is 4.74 Å². The summed E-state index contributed by atoms with van der Waals surface area (Å²) in [6.07, 6.45) is 3.37. The maximum Gasteiger partial charge on any atom is 0.233 e. The SMILES string of the molecule is COc1ncc2c(C(C)=O)cn(Cc3ccccc3)c2c1C#N. The minimum absolute atomic E-state index is 0.0577. The van der Waals surface area contributed by atoms with E-state index in [-0.39, 0.29) is 11.7 Å². The van der Waals surface area contributed by atoms with Gasteiger partial charge in [0.05, 0.1) is 12.6 Å². The highest BCUT2D eigenvalue weighted by atomic mass is 16.5. The molecule has 114 valence electrons. The third kappa shape index (κ3) is 2.55. The Labute approximate surface area is 133 Å². The molecule has 3 rings (SSSR count). The molecule has 0 aliphatic heterocycles. The minimum Gasteiger partial charge on any atom is -0.480 e. The number of rotatable bonds is 4. The number of aromatic nitrogens is 2. The number of nitrogens with zero attached hydrogens (tertiary/aromatic N) is 3. The van der Waals surface area contributed by atoms with Crippen LogP contribution in [0.3, 0.4) is 0 Å². The van der Waals surface area contributed by atoms with Crippen molar-refractivity contribution in [2.75, 3.05) is 7.11 Å². The van der Waals surface area contributed by atoms with Crippen LogP contribution in [0.2, 0.25) is 0 Å². The van der Waals surface area contributed by atoms with Crippen molar-refractivity contribution in [1.82, 2.24) is 9.55 Å². The molecule has 0 bridgehead atoms. The van der Waals surface area contributed by atoms with Gasteiger partial charge in [0.25, 0.3) is 0 Å². The first kappa shape index (κ1) is 14.8. The number of Topliss-reactive ketones (excluding diaryl/α,β-unsaturated/α-hetero) is 1. The predicted octanol–water partition coefficient (Wildman–Crippen LogP) is 3.17. The van der Waals surface area contributed by atoms with E-state index in [0.29, 0.717) is 28.6 Å². The summed E-state index contributed by atoms with van der Waals surface area (Å²) < 4.78 is 7.09. The van der Waals surface area contributed by atoms with E-state index in [9.17, 15) is 10.1 Å². The molecule has 2 aromatic heterocycles. The Morgan fingerprint density at radius 1 is 1.35 bits per heavy atom. The third-order valence-corrected chi connectivity index (χ3v) is 3.76. The molecule has 0 saturated carbocycles. The Morgan fingerprint density at radius 2 is 2.09 bits per heavy atom. The van der Waals surface area contributed by atoms with Crippen LogP contribution in [0.15, 0.2) is 42.7 Å². The van der Waals surface area contributed by atoms with E-state index in [1.807, 2.05) is 34.9 Å². The molecular formula is C18H15N3O2. The third-order valence-electron chi connectivity index (χ3n) is 3.76. The Kier molecular flexibility index (Phi) is 3.82. The van der Waals surface area contributed by atoms with E-state index >= 15 is 0 Å². The summed E-state index contributed by atoms with van der Waals surface area (Å²) in [5.41, 5.74) is 2.66. The van der Waals surface area contributed by atoms with Gasteiger partial charge < -0.3 is 9.30 Å². The molecule has 0 unspecified atom stereocenters. The van der Waals surface area contributed by atoms with Crippen molar-refractivity contribution in [3.05, 3.63) is 59.4 Å². The summed E-state index contributed by atoms with van der Waals surface area (Å²) >= 11 is 0. The van der Waals surface area contributed by atoms with Crippen LogP contribution in [0.1, 0.15) is 28.4 Å². The average Bonchev–Trinajstić information content (AvgIpc) is 2.94. The smallest absolute Gasteiger partial charge is 0.233 e. The topological polar surface area (TPSA) is 67.9 Å². The van der Waals surface area contributed by atoms with Crippen LogP contribution in [-0.4, -0.2) is 22.4 Å². The van der Waals surface area contributed by atoms with Crippen molar-refractivity contribution in [2.24, 2.45) is 0 Å². The van der Waals surface area contributed by atoms with E-state index in [0.717, 1.165) is 5.56 Å². The van der Waals surface area contributed by atoms with Gasteiger partial charge in [-0.25, -0.2) is 4.98 Å². The normalized spacial score (nSPS) is 10.5. The van der Waals surface area contributed by atoms with Crippen LogP contribution >= 0.6 is 0 Å². The first-order chi connectivity index (χ1) is 11.2. The van der Waals surface area contributed by atoms with Gasteiger partial charge >= 0.3 is 0 Å². The number of benzene rings is 1. The van der Waals surface area contributed by atoms with Gasteiger partial charge in [-0.1, -0.05) is 30.3 Å². The molecule has 0 radical (unpaired) electrons. The lowest BCUT2D eigenvalue weighted by Crippen LogP contribution is -2.01. The molecule has 0 aliphatic carbocycles. The molecule has 3 aromatic rings. The van der Waals surface area contributed by atoms with Gasteiger partial charge in [-0.15, -0.1) is 0 Å². The van der Waals surface area contributed by atoms with Gasteiger partial charge in [0, 0.05) is 29.9 Å². The second kappa shape index (κ2) is 5.93. The van der Waals surface area contributed by atoms with E-state index in [2.05, 4.69) is 11.1 Å². The monoisotopic (exact) mass is 305 g/mol. The molecule has 0 N–H and O–H groups in total. The Bertz CT molecular complexity index is 921. The minimum atomic E-state index is -0.0577. The maximum absolute atomic E-state index is 11.9. The van der Waals surface area contributed by atoms with Gasteiger partial charge in [-0.3, -0.25) is 4.79 Å². The second-order valence-corrected chi connectivity index (χ2v) is 5.23. The highest BCUT2D eigenvalue weighted by Gasteiger charge is 2.19. The zero-order valence-corrected chi connectivity index (χ0v) is 12.9. The molecule has 5 nitrogen and oxygen atoms in total. The summed E-state index contributed by atoms with van der Waals surface area (Å²) in [4.78, 5) is 16.1. The zero-order chi connectivity index (χ0) is 16.4. The van der Waals surface area contributed by atoms with E-state index in [1.165, 1.54) is 14.0 Å². The standard InChI is InChI=1S/C18H15N3O2/c1-12(22)16-11-21(10-13-6-4-3-5-7-13)17-14(8-19)18(23-2)20-9-15(16)17/h3-7,9,11H,10H2,1-2H3. The quantitative estimate of drug-likeness (QED) is 0.694. The van der Waals surface area contributed by atoms with Gasteiger partial charge in [0.2, 0.25) is 5.88 Å². The molecule has 0 spiro atoms. The van der Waals surface area contributed by atoms with Crippen LogP contribution in [0.5, 0.6) is 5.88 Å². The predicted molar refractivity (Wildman–Crippen MR) is 86.5 cm³/mol. The van der Waals surface area contributed by atoms with Crippen LogP contribution < -0.4 is 4.74 Å². The number of methoxy groups -OCH3 is 1. The van der Waals surface area contributed by atoms with Gasteiger partial charge in [-0.05, 0) is 12.5 Å². The Hall–Kier alpha value is -3.13. The van der Waals surface area contributed by atoms with E-state index < -0.39 is 0 Å². The molecule has 0 atom stereocenters. The van der Waals surface area contributed by atoms with E-state index in [1.54, 1.807) is 12.4 Å². The number of fused-ring (bicyclic) bond motifs is 1. The van der Waals surface area contributed by atoms with Crippen LogP contribution in [-0.2, 0) is 6.54 Å². The molecular weight excluding hydrogens is 290 g/mol. The number of hydrogen-bond acceptors (Lipinski definition) is 4. The number of nitriles is 1. The molecule has 0 fully saturated rings. The number of carbonyl (C=O) groups excluding carboxylic acids is 1. The molecule has 23 heavy (non-hydrogen) atoms. The summed E-state index contributed by atoms with van der Waals surface area (Å²) in [6.45, 7) is 2.07. The number of hydrogen-bond donors (Lipinski definition) is 0. The summed E-state index contributed by atoms with van der Waals surface area (Å²) in [6, 6.07) is 12.0. The van der Waals surface area contributed by atoms with Crippen molar-refractivity contribution < 1.29 is 9.53 Å². The van der Waals surface area contributed by atoms with Crippen molar-refractivity contribution in [3.8, 4) is 11.9 Å². The number of carbonyl (C=O) groups is 1. The molecule has 5 heteroatoms. The van der Waals surface area contributed by atoms with Crippen molar-refractivity contribution in [2.45, 2.75) is 13.5 Å². The fourth-order valence-electron chi connectivity index (χ4n) is 2.71. The summed E-state index contributed by atoms with van der Waals surface area (Å²) in [5.74, 6) is 0.209. The van der Waals surface area contributed by atoms with Gasteiger partial charge in [-0.2, -0.15) is 5.26 Å². The highest BCUT2D eigenvalue weighted by Crippen LogP contribution is 2.29. The molecule has 0 saturated heterocycles. The van der Waals surface area contributed by atoms with Crippen LogP contribution in [0, 0.1) is 11.3 Å². The fraction of sp³-hybridized carbons (Fsp3) is 0.167. The second-order valence-electron chi connectivity index (χ2n) is 5.23. The molecule has 0 aliphatic rings. The number of ether oxygens (including phenoxy) is 1. The highest BCUT2D eigenvalue weighted by molar-refractivity contribution is 6.08. The average molecular weight is 305 g/mol. The maximum atomic E-state index is 11.9. The number of ketones is 1. The van der Waals surface area contributed by atoms with Gasteiger partial charge in [0.15, 0.2) is 5.78 Å².